The second-order valence-corrected chi connectivity index (χ2v) is 4.00. The Morgan fingerprint density at radius 1 is 1.25 bits per heavy atom. The van der Waals surface area contributed by atoms with Crippen LogP contribution in [0, 0.1) is 0 Å². The van der Waals surface area contributed by atoms with Gasteiger partial charge in [-0.1, -0.05) is 12.1 Å². The zero-order valence-corrected chi connectivity index (χ0v) is 8.94. The lowest BCUT2D eigenvalue weighted by molar-refractivity contribution is 0.627. The molecule has 0 bridgehead atoms. The summed E-state index contributed by atoms with van der Waals surface area (Å²) >= 11 is 0. The SMILES string of the molecule is O=c1c2ccccc2nc2n1CCNCC2. The van der Waals surface area contributed by atoms with E-state index in [0.717, 1.165) is 30.9 Å². The first kappa shape index (κ1) is 9.54. The quantitative estimate of drug-likeness (QED) is 0.698. The van der Waals surface area contributed by atoms with E-state index < -0.39 is 0 Å². The van der Waals surface area contributed by atoms with Gasteiger partial charge in [0.15, 0.2) is 0 Å². The molecule has 1 N–H and O–H groups in total. The Kier molecular flexibility index (Phi) is 2.22. The molecule has 4 heteroatoms. The van der Waals surface area contributed by atoms with Crippen molar-refractivity contribution < 1.29 is 0 Å². The summed E-state index contributed by atoms with van der Waals surface area (Å²) in [5, 5.41) is 3.99. The van der Waals surface area contributed by atoms with Crippen molar-refractivity contribution in [1.82, 2.24) is 14.9 Å². The fourth-order valence-electron chi connectivity index (χ4n) is 2.15. The minimum absolute atomic E-state index is 0.0873. The highest BCUT2D eigenvalue weighted by Gasteiger charge is 2.12. The van der Waals surface area contributed by atoms with Crippen molar-refractivity contribution in [3.8, 4) is 0 Å². The molecule has 0 amide bonds. The van der Waals surface area contributed by atoms with E-state index >= 15 is 0 Å². The normalized spacial score (nSPS) is 15.8. The van der Waals surface area contributed by atoms with E-state index in [1.807, 2.05) is 24.3 Å². The van der Waals surface area contributed by atoms with Gasteiger partial charge >= 0.3 is 0 Å². The zero-order chi connectivity index (χ0) is 11.0. The number of fused-ring (bicyclic) bond motifs is 2. The molecule has 1 aromatic heterocycles. The molecule has 3 rings (SSSR count). The maximum Gasteiger partial charge on any atom is 0.261 e. The van der Waals surface area contributed by atoms with Crippen LogP contribution < -0.4 is 10.9 Å². The van der Waals surface area contributed by atoms with Crippen molar-refractivity contribution in [2.24, 2.45) is 0 Å². The van der Waals surface area contributed by atoms with E-state index in [1.165, 1.54) is 0 Å². The Labute approximate surface area is 92.9 Å². The zero-order valence-electron chi connectivity index (χ0n) is 8.94. The summed E-state index contributed by atoms with van der Waals surface area (Å²) in [5.74, 6) is 0.897. The van der Waals surface area contributed by atoms with Crippen molar-refractivity contribution in [1.29, 1.82) is 0 Å². The van der Waals surface area contributed by atoms with Crippen LogP contribution in [0.5, 0.6) is 0 Å². The van der Waals surface area contributed by atoms with Gasteiger partial charge in [-0.15, -0.1) is 0 Å². The van der Waals surface area contributed by atoms with Crippen LogP contribution in [0.1, 0.15) is 5.82 Å². The minimum atomic E-state index is 0.0873. The molecule has 0 aliphatic carbocycles. The maximum atomic E-state index is 12.2. The monoisotopic (exact) mass is 215 g/mol. The first-order valence-electron chi connectivity index (χ1n) is 5.55. The molecule has 82 valence electrons. The van der Waals surface area contributed by atoms with Gasteiger partial charge in [-0.3, -0.25) is 9.36 Å². The minimum Gasteiger partial charge on any atom is -0.315 e. The number of nitrogens with one attached hydrogen (secondary N) is 1. The summed E-state index contributed by atoms with van der Waals surface area (Å²) in [6.07, 6.45) is 0.820. The van der Waals surface area contributed by atoms with Gasteiger partial charge in [-0.25, -0.2) is 4.98 Å². The first-order chi connectivity index (χ1) is 7.86. The molecule has 0 saturated heterocycles. The maximum absolute atomic E-state index is 12.2. The second-order valence-electron chi connectivity index (χ2n) is 4.00. The molecule has 0 radical (unpaired) electrons. The predicted octanol–water partition coefficient (Wildman–Crippen LogP) is 0.542. The summed E-state index contributed by atoms with van der Waals surface area (Å²) in [6, 6.07) is 7.54. The van der Waals surface area contributed by atoms with Crippen molar-refractivity contribution in [2.45, 2.75) is 13.0 Å². The van der Waals surface area contributed by atoms with Crippen LogP contribution in [0.4, 0.5) is 0 Å². The van der Waals surface area contributed by atoms with Crippen molar-refractivity contribution in [3.05, 3.63) is 40.4 Å². The van der Waals surface area contributed by atoms with E-state index in [1.54, 1.807) is 4.57 Å². The summed E-state index contributed by atoms with van der Waals surface area (Å²) in [5.41, 5.74) is 0.893. The van der Waals surface area contributed by atoms with Crippen LogP contribution in [-0.2, 0) is 13.0 Å². The molecule has 0 unspecified atom stereocenters. The first-order valence-corrected chi connectivity index (χ1v) is 5.55. The molecule has 0 spiro atoms. The van der Waals surface area contributed by atoms with Crippen LogP contribution in [0.2, 0.25) is 0 Å². The lowest BCUT2D eigenvalue weighted by Crippen LogP contribution is -2.26. The fourth-order valence-corrected chi connectivity index (χ4v) is 2.15. The number of nitrogens with zero attached hydrogens (tertiary/aromatic N) is 2. The second kappa shape index (κ2) is 3.72. The molecular formula is C12H13N3O. The molecule has 2 heterocycles. The number of rotatable bonds is 0. The molecule has 1 aliphatic heterocycles. The Morgan fingerprint density at radius 3 is 3.06 bits per heavy atom. The van der Waals surface area contributed by atoms with E-state index in [-0.39, 0.29) is 5.56 Å². The Balaban J connectivity index is 2.34. The smallest absolute Gasteiger partial charge is 0.261 e. The van der Waals surface area contributed by atoms with Crippen molar-refractivity contribution in [2.75, 3.05) is 13.1 Å². The number of aromatic nitrogens is 2. The topological polar surface area (TPSA) is 46.9 Å². The lowest BCUT2D eigenvalue weighted by Gasteiger charge is -2.08. The molecule has 4 nitrogen and oxygen atoms in total. The van der Waals surface area contributed by atoms with Gasteiger partial charge in [0.2, 0.25) is 0 Å². The van der Waals surface area contributed by atoms with Gasteiger partial charge < -0.3 is 5.32 Å². The summed E-state index contributed by atoms with van der Waals surface area (Å²) in [6.45, 7) is 2.45. The van der Waals surface area contributed by atoms with Crippen LogP contribution in [0.3, 0.4) is 0 Å². The number of para-hydroxylation sites is 1. The summed E-state index contributed by atoms with van der Waals surface area (Å²) in [4.78, 5) is 16.8. The standard InChI is InChI=1S/C12H13N3O/c16-12-9-3-1-2-4-10(9)14-11-5-6-13-7-8-15(11)12/h1-4,13H,5-8H2. The Morgan fingerprint density at radius 2 is 2.12 bits per heavy atom. The third-order valence-corrected chi connectivity index (χ3v) is 2.98. The third-order valence-electron chi connectivity index (χ3n) is 2.98. The fraction of sp³-hybridized carbons (Fsp3) is 0.333. The molecule has 16 heavy (non-hydrogen) atoms. The molecule has 2 aromatic rings. The molecule has 0 saturated carbocycles. The predicted molar refractivity (Wildman–Crippen MR) is 62.6 cm³/mol. The van der Waals surface area contributed by atoms with Crippen molar-refractivity contribution >= 4 is 10.9 Å². The molecule has 0 fully saturated rings. The van der Waals surface area contributed by atoms with Gasteiger partial charge in [-0.2, -0.15) is 0 Å². The van der Waals surface area contributed by atoms with E-state index in [2.05, 4.69) is 10.3 Å². The molecular weight excluding hydrogens is 202 g/mol. The molecule has 1 aliphatic rings. The highest BCUT2D eigenvalue weighted by Crippen LogP contribution is 2.08. The average Bonchev–Trinajstić information content (AvgIpc) is 2.55. The van der Waals surface area contributed by atoms with E-state index in [4.69, 9.17) is 0 Å². The van der Waals surface area contributed by atoms with Crippen LogP contribution in [0.25, 0.3) is 10.9 Å². The molecule has 0 atom stereocenters. The average molecular weight is 215 g/mol. The number of benzene rings is 1. The Bertz CT molecular complexity index is 588. The number of hydrogen-bond acceptors (Lipinski definition) is 3. The van der Waals surface area contributed by atoms with Gasteiger partial charge in [0.1, 0.15) is 5.82 Å². The van der Waals surface area contributed by atoms with Crippen LogP contribution >= 0.6 is 0 Å². The van der Waals surface area contributed by atoms with Crippen molar-refractivity contribution in [3.63, 3.8) is 0 Å². The van der Waals surface area contributed by atoms with Gasteiger partial charge in [0, 0.05) is 26.1 Å². The Hall–Kier alpha value is -1.68. The van der Waals surface area contributed by atoms with E-state index in [9.17, 15) is 4.79 Å². The highest BCUT2D eigenvalue weighted by molar-refractivity contribution is 5.77. The number of hydrogen-bond donors (Lipinski definition) is 1. The third kappa shape index (κ3) is 1.42. The lowest BCUT2D eigenvalue weighted by atomic mass is 10.2. The van der Waals surface area contributed by atoms with Crippen LogP contribution in [-0.4, -0.2) is 22.6 Å². The summed E-state index contributed by atoms with van der Waals surface area (Å²) < 4.78 is 1.79. The largest absolute Gasteiger partial charge is 0.315 e. The van der Waals surface area contributed by atoms with Gasteiger partial charge in [-0.05, 0) is 12.1 Å². The molecule has 1 aromatic carbocycles. The van der Waals surface area contributed by atoms with E-state index in [0.29, 0.717) is 11.9 Å². The van der Waals surface area contributed by atoms with Gasteiger partial charge in [0.05, 0.1) is 10.9 Å². The summed E-state index contributed by atoms with van der Waals surface area (Å²) in [7, 11) is 0. The van der Waals surface area contributed by atoms with Gasteiger partial charge in [0.25, 0.3) is 5.56 Å². The highest BCUT2D eigenvalue weighted by atomic mass is 16.1. The van der Waals surface area contributed by atoms with Crippen LogP contribution in [0.15, 0.2) is 29.1 Å².